The van der Waals surface area contributed by atoms with Crippen LogP contribution < -0.4 is 0 Å². The summed E-state index contributed by atoms with van der Waals surface area (Å²) in [7, 11) is 0. The standard InChI is InChI=1S/C20H25N3O2S/c1-14-7-6-8-16(13-14)18-21-15(2)17(20(24)25)19(22-18)26-12-11-23-9-4-3-5-10-23/h6-8,13H,3-5,9-12H2,1-2H3,(H,24,25). The Morgan fingerprint density at radius 1 is 1.19 bits per heavy atom. The molecule has 1 aliphatic rings. The molecule has 0 spiro atoms. The lowest BCUT2D eigenvalue weighted by Gasteiger charge is -2.26. The second-order valence-corrected chi connectivity index (χ2v) is 7.82. The van der Waals surface area contributed by atoms with Crippen LogP contribution in [-0.2, 0) is 0 Å². The molecule has 0 bridgehead atoms. The van der Waals surface area contributed by atoms with Crippen molar-refractivity contribution in [2.75, 3.05) is 25.4 Å². The molecule has 1 fully saturated rings. The molecule has 6 heteroatoms. The first kappa shape index (κ1) is 18.9. The molecule has 1 aliphatic heterocycles. The summed E-state index contributed by atoms with van der Waals surface area (Å²) in [4.78, 5) is 23.2. The summed E-state index contributed by atoms with van der Waals surface area (Å²) in [6.45, 7) is 7.02. The first-order valence-electron chi connectivity index (χ1n) is 9.09. The van der Waals surface area contributed by atoms with Crippen LogP contribution in [-0.4, -0.2) is 51.3 Å². The van der Waals surface area contributed by atoms with E-state index in [2.05, 4.69) is 14.9 Å². The molecule has 3 rings (SSSR count). The second-order valence-electron chi connectivity index (χ2n) is 6.74. The van der Waals surface area contributed by atoms with E-state index in [0.717, 1.165) is 36.5 Å². The van der Waals surface area contributed by atoms with Crippen molar-refractivity contribution >= 4 is 17.7 Å². The van der Waals surface area contributed by atoms with Gasteiger partial charge in [-0.25, -0.2) is 14.8 Å². The molecule has 1 aromatic heterocycles. The normalized spacial score (nSPS) is 15.2. The lowest BCUT2D eigenvalue weighted by molar-refractivity contribution is 0.0690. The van der Waals surface area contributed by atoms with E-state index in [1.54, 1.807) is 6.92 Å². The van der Waals surface area contributed by atoms with Gasteiger partial charge in [0.05, 0.1) is 5.69 Å². The van der Waals surface area contributed by atoms with Gasteiger partial charge in [0.1, 0.15) is 10.6 Å². The number of nitrogens with zero attached hydrogens (tertiary/aromatic N) is 3. The lowest BCUT2D eigenvalue weighted by atomic mass is 10.1. The van der Waals surface area contributed by atoms with Crippen LogP contribution in [0.25, 0.3) is 11.4 Å². The van der Waals surface area contributed by atoms with Gasteiger partial charge in [-0.1, -0.05) is 30.2 Å². The number of hydrogen-bond acceptors (Lipinski definition) is 5. The van der Waals surface area contributed by atoms with Crippen molar-refractivity contribution in [1.82, 2.24) is 14.9 Å². The van der Waals surface area contributed by atoms with E-state index in [0.29, 0.717) is 16.5 Å². The van der Waals surface area contributed by atoms with E-state index in [9.17, 15) is 9.90 Å². The van der Waals surface area contributed by atoms with E-state index in [4.69, 9.17) is 0 Å². The van der Waals surface area contributed by atoms with Gasteiger partial charge in [-0.15, -0.1) is 11.8 Å². The third kappa shape index (κ3) is 4.62. The van der Waals surface area contributed by atoms with Gasteiger partial charge < -0.3 is 10.0 Å². The molecule has 0 radical (unpaired) electrons. The number of thioether (sulfide) groups is 1. The molecule has 1 saturated heterocycles. The van der Waals surface area contributed by atoms with Gasteiger partial charge in [-0.05, 0) is 45.8 Å². The fourth-order valence-corrected chi connectivity index (χ4v) is 4.34. The molecule has 5 nitrogen and oxygen atoms in total. The third-order valence-corrected chi connectivity index (χ3v) is 5.60. The van der Waals surface area contributed by atoms with Crippen molar-refractivity contribution in [3.63, 3.8) is 0 Å². The highest BCUT2D eigenvalue weighted by Gasteiger charge is 2.19. The Labute approximate surface area is 158 Å². The number of piperidine rings is 1. The molecule has 1 N–H and O–H groups in total. The monoisotopic (exact) mass is 371 g/mol. The molecule has 26 heavy (non-hydrogen) atoms. The molecule has 1 aromatic carbocycles. The van der Waals surface area contributed by atoms with Gasteiger partial charge >= 0.3 is 5.97 Å². The second kappa shape index (κ2) is 8.64. The minimum atomic E-state index is -0.959. The lowest BCUT2D eigenvalue weighted by Crippen LogP contribution is -2.31. The Hall–Kier alpha value is -1.92. The number of aromatic carboxylic acids is 1. The van der Waals surface area contributed by atoms with E-state index >= 15 is 0 Å². The number of likely N-dealkylation sites (tertiary alicyclic amines) is 1. The summed E-state index contributed by atoms with van der Waals surface area (Å²) >= 11 is 1.52. The zero-order valence-electron chi connectivity index (χ0n) is 15.4. The molecule has 138 valence electrons. The van der Waals surface area contributed by atoms with E-state index < -0.39 is 5.97 Å². The van der Waals surface area contributed by atoms with Crippen LogP contribution in [0.5, 0.6) is 0 Å². The van der Waals surface area contributed by atoms with Crippen LogP contribution in [0, 0.1) is 13.8 Å². The maximum atomic E-state index is 11.7. The summed E-state index contributed by atoms with van der Waals surface area (Å²) in [5.41, 5.74) is 2.79. The number of hydrogen-bond donors (Lipinski definition) is 1. The van der Waals surface area contributed by atoms with Crippen molar-refractivity contribution in [3.8, 4) is 11.4 Å². The largest absolute Gasteiger partial charge is 0.478 e. The predicted molar refractivity (Wildman–Crippen MR) is 105 cm³/mol. The minimum absolute atomic E-state index is 0.227. The summed E-state index contributed by atoms with van der Waals surface area (Å²) in [5, 5.41) is 10.2. The van der Waals surface area contributed by atoms with Gasteiger partial charge in [0.15, 0.2) is 5.82 Å². The molecule has 0 amide bonds. The van der Waals surface area contributed by atoms with Crippen LogP contribution in [0.3, 0.4) is 0 Å². The highest BCUT2D eigenvalue weighted by atomic mass is 32.2. The Bertz CT molecular complexity index is 789. The zero-order chi connectivity index (χ0) is 18.5. The Balaban J connectivity index is 1.82. The van der Waals surface area contributed by atoms with Crippen LogP contribution in [0.1, 0.15) is 40.9 Å². The molecule has 0 unspecified atom stereocenters. The molecule has 0 atom stereocenters. The van der Waals surface area contributed by atoms with Crippen molar-refractivity contribution in [2.45, 2.75) is 38.1 Å². The molecule has 2 heterocycles. The van der Waals surface area contributed by atoms with Crippen molar-refractivity contribution in [3.05, 3.63) is 41.1 Å². The van der Waals surface area contributed by atoms with Gasteiger partial charge in [-0.3, -0.25) is 0 Å². The van der Waals surface area contributed by atoms with E-state index in [1.807, 2.05) is 31.2 Å². The Morgan fingerprint density at radius 2 is 1.96 bits per heavy atom. The molecule has 0 aliphatic carbocycles. The Kier molecular flexibility index (Phi) is 6.27. The number of aromatic nitrogens is 2. The SMILES string of the molecule is Cc1cccc(-c2nc(C)c(C(=O)O)c(SCCN3CCCCC3)n2)c1. The summed E-state index contributed by atoms with van der Waals surface area (Å²) in [5.74, 6) is 0.472. The highest BCUT2D eigenvalue weighted by molar-refractivity contribution is 7.99. The summed E-state index contributed by atoms with van der Waals surface area (Å²) < 4.78 is 0. The maximum absolute atomic E-state index is 11.7. The average molecular weight is 372 g/mol. The van der Waals surface area contributed by atoms with Gasteiger partial charge in [0.2, 0.25) is 0 Å². The fourth-order valence-electron chi connectivity index (χ4n) is 3.26. The number of aryl methyl sites for hydroxylation is 2. The van der Waals surface area contributed by atoms with Crippen LogP contribution in [0.4, 0.5) is 0 Å². The average Bonchev–Trinajstić information content (AvgIpc) is 2.62. The fraction of sp³-hybridized carbons (Fsp3) is 0.450. The third-order valence-electron chi connectivity index (χ3n) is 4.64. The minimum Gasteiger partial charge on any atom is -0.478 e. The smallest absolute Gasteiger partial charge is 0.340 e. The van der Waals surface area contributed by atoms with Crippen molar-refractivity contribution in [1.29, 1.82) is 0 Å². The summed E-state index contributed by atoms with van der Waals surface area (Å²) in [6, 6.07) is 7.98. The molecule has 2 aromatic rings. The summed E-state index contributed by atoms with van der Waals surface area (Å²) in [6.07, 6.45) is 3.84. The van der Waals surface area contributed by atoms with Crippen molar-refractivity contribution in [2.24, 2.45) is 0 Å². The first-order valence-corrected chi connectivity index (χ1v) is 10.1. The number of carboxylic acid groups (broad SMARTS) is 1. The number of carboxylic acids is 1. The quantitative estimate of drug-likeness (QED) is 0.611. The maximum Gasteiger partial charge on any atom is 0.340 e. The van der Waals surface area contributed by atoms with E-state index in [1.165, 1.54) is 31.0 Å². The molecular weight excluding hydrogens is 346 g/mol. The highest BCUT2D eigenvalue weighted by Crippen LogP contribution is 2.27. The van der Waals surface area contributed by atoms with Crippen LogP contribution in [0.15, 0.2) is 29.3 Å². The van der Waals surface area contributed by atoms with Crippen LogP contribution in [0.2, 0.25) is 0 Å². The molecule has 0 saturated carbocycles. The first-order chi connectivity index (χ1) is 12.5. The number of benzene rings is 1. The van der Waals surface area contributed by atoms with Gasteiger partial charge in [0, 0.05) is 17.9 Å². The van der Waals surface area contributed by atoms with Crippen molar-refractivity contribution < 1.29 is 9.90 Å². The van der Waals surface area contributed by atoms with Gasteiger partial charge in [0.25, 0.3) is 0 Å². The van der Waals surface area contributed by atoms with Crippen LogP contribution >= 0.6 is 11.8 Å². The molecular formula is C20H25N3O2S. The van der Waals surface area contributed by atoms with Gasteiger partial charge in [-0.2, -0.15) is 0 Å². The number of carbonyl (C=O) groups is 1. The predicted octanol–water partition coefficient (Wildman–Crippen LogP) is 4.04. The zero-order valence-corrected chi connectivity index (χ0v) is 16.2. The Morgan fingerprint density at radius 3 is 2.65 bits per heavy atom. The topological polar surface area (TPSA) is 66.3 Å². The van der Waals surface area contributed by atoms with E-state index in [-0.39, 0.29) is 5.56 Å². The number of rotatable bonds is 6.